The summed E-state index contributed by atoms with van der Waals surface area (Å²) in [5.74, 6) is 0.148. The molecule has 0 unspecified atom stereocenters. The number of aromatic amines is 1. The molecule has 3 aromatic rings. The number of nitrogens with zero attached hydrogens (tertiary/aromatic N) is 4. The minimum atomic E-state index is -3.68. The molecule has 0 aliphatic carbocycles. The van der Waals surface area contributed by atoms with Gasteiger partial charge in [0.05, 0.1) is 43.5 Å². The number of ether oxygens (including phenoxy) is 4. The molecule has 40 heavy (non-hydrogen) atoms. The maximum atomic E-state index is 13.2. The van der Waals surface area contributed by atoms with Gasteiger partial charge in [-0.25, -0.2) is 23.3 Å². The highest BCUT2D eigenvalue weighted by Crippen LogP contribution is 2.31. The van der Waals surface area contributed by atoms with E-state index in [1.807, 2.05) is 4.90 Å². The molecule has 1 N–H and O–H groups in total. The number of carbonyl (C=O) groups is 1. The number of sulfonamides is 1. The zero-order chi connectivity index (χ0) is 28.4. The maximum absolute atomic E-state index is 13.2. The van der Waals surface area contributed by atoms with Gasteiger partial charge >= 0.3 is 5.97 Å². The number of anilines is 1. The molecule has 15 heteroatoms. The summed E-state index contributed by atoms with van der Waals surface area (Å²) in [6.45, 7) is 3.70. The number of aromatic nitrogens is 3. The normalized spacial score (nSPS) is 14.4. The topological polar surface area (TPSA) is 153 Å². The van der Waals surface area contributed by atoms with Crippen LogP contribution in [0.25, 0.3) is 10.6 Å². The van der Waals surface area contributed by atoms with Crippen molar-refractivity contribution in [2.24, 2.45) is 0 Å². The summed E-state index contributed by atoms with van der Waals surface area (Å²) in [6, 6.07) is 9.49. The van der Waals surface area contributed by atoms with Crippen LogP contribution in [-0.4, -0.2) is 107 Å². The number of hydrogen-bond donors (Lipinski definition) is 1. The minimum Gasteiger partial charge on any atom is -0.460 e. The Labute approximate surface area is 235 Å². The van der Waals surface area contributed by atoms with E-state index < -0.39 is 16.0 Å². The van der Waals surface area contributed by atoms with Gasteiger partial charge in [-0.3, -0.25) is 4.79 Å². The van der Waals surface area contributed by atoms with Crippen molar-refractivity contribution in [2.45, 2.75) is 4.21 Å². The molecule has 0 spiro atoms. The van der Waals surface area contributed by atoms with Crippen molar-refractivity contribution in [3.63, 3.8) is 0 Å². The number of rotatable bonds is 14. The van der Waals surface area contributed by atoms with Gasteiger partial charge in [-0.15, -0.1) is 11.3 Å². The Morgan fingerprint density at radius 2 is 1.68 bits per heavy atom. The standard InChI is InChI=1S/C25H31N5O8S2/c1-35-12-13-36-14-15-37-16-17-38-25(32)19-2-5-22(26-18-19)29-8-10-30(11-9-29)40(33,34)24-7-4-21(39-24)20-3-6-23(31)28-27-20/h2-7,18H,8-17H2,1H3,(H,28,31). The summed E-state index contributed by atoms with van der Waals surface area (Å²) in [5.41, 5.74) is 0.494. The van der Waals surface area contributed by atoms with E-state index in [1.165, 1.54) is 16.6 Å². The molecule has 0 radical (unpaired) electrons. The molecular formula is C25H31N5O8S2. The maximum Gasteiger partial charge on any atom is 0.339 e. The molecule has 0 bridgehead atoms. The zero-order valence-electron chi connectivity index (χ0n) is 22.0. The Morgan fingerprint density at radius 1 is 0.950 bits per heavy atom. The first-order valence-electron chi connectivity index (χ1n) is 12.6. The molecule has 1 aliphatic heterocycles. The highest BCUT2D eigenvalue weighted by Gasteiger charge is 2.30. The first kappa shape index (κ1) is 29.8. The molecule has 1 saturated heterocycles. The Bertz CT molecular complexity index is 1380. The third-order valence-electron chi connectivity index (χ3n) is 5.92. The molecule has 0 aromatic carbocycles. The van der Waals surface area contributed by atoms with Crippen LogP contribution in [0.1, 0.15) is 10.4 Å². The van der Waals surface area contributed by atoms with Crippen LogP contribution in [0.15, 0.2) is 51.6 Å². The van der Waals surface area contributed by atoms with Gasteiger partial charge in [-0.1, -0.05) is 0 Å². The summed E-state index contributed by atoms with van der Waals surface area (Å²) in [4.78, 5) is 30.5. The Morgan fingerprint density at radius 3 is 2.33 bits per heavy atom. The monoisotopic (exact) mass is 593 g/mol. The van der Waals surface area contributed by atoms with Crippen LogP contribution < -0.4 is 10.5 Å². The first-order valence-corrected chi connectivity index (χ1v) is 14.8. The fourth-order valence-electron chi connectivity index (χ4n) is 3.80. The average molecular weight is 594 g/mol. The van der Waals surface area contributed by atoms with Gasteiger partial charge in [-0.05, 0) is 30.3 Å². The van der Waals surface area contributed by atoms with Gasteiger partial charge in [0.2, 0.25) is 0 Å². The smallest absolute Gasteiger partial charge is 0.339 e. The molecule has 0 saturated carbocycles. The van der Waals surface area contributed by atoms with Crippen LogP contribution in [-0.2, 0) is 29.0 Å². The van der Waals surface area contributed by atoms with Gasteiger partial charge in [0.15, 0.2) is 0 Å². The van der Waals surface area contributed by atoms with Crippen LogP contribution >= 0.6 is 11.3 Å². The molecule has 4 heterocycles. The molecule has 3 aromatic heterocycles. The van der Waals surface area contributed by atoms with E-state index >= 15 is 0 Å². The second kappa shape index (κ2) is 14.4. The number of H-pyrrole nitrogens is 1. The van der Waals surface area contributed by atoms with Crippen molar-refractivity contribution in [3.05, 3.63) is 58.5 Å². The number of pyridine rings is 1. The third kappa shape index (κ3) is 7.93. The van der Waals surface area contributed by atoms with Crippen LogP contribution in [0.4, 0.5) is 5.82 Å². The second-order valence-electron chi connectivity index (χ2n) is 8.57. The van der Waals surface area contributed by atoms with Crippen molar-refractivity contribution in [2.75, 3.05) is 77.8 Å². The predicted octanol–water partition coefficient (Wildman–Crippen LogP) is 1.24. The SMILES string of the molecule is COCCOCCOCCOC(=O)c1ccc(N2CCN(S(=O)(=O)c3ccc(-c4ccc(=O)[nH]n4)s3)CC2)nc1. The Kier molecular flexibility index (Phi) is 10.7. The Hall–Kier alpha value is -3.21. The van der Waals surface area contributed by atoms with Crippen LogP contribution in [0.3, 0.4) is 0 Å². The fourth-order valence-corrected chi connectivity index (χ4v) is 6.65. The molecule has 4 rings (SSSR count). The lowest BCUT2D eigenvalue weighted by molar-refractivity contribution is 0.00569. The lowest BCUT2D eigenvalue weighted by Gasteiger charge is -2.34. The quantitative estimate of drug-likeness (QED) is 0.212. The van der Waals surface area contributed by atoms with Gasteiger partial charge < -0.3 is 23.8 Å². The van der Waals surface area contributed by atoms with E-state index in [4.69, 9.17) is 18.9 Å². The fraction of sp³-hybridized carbons (Fsp3) is 0.440. The number of piperazine rings is 1. The van der Waals surface area contributed by atoms with E-state index in [0.29, 0.717) is 61.5 Å². The van der Waals surface area contributed by atoms with Crippen molar-refractivity contribution in [3.8, 4) is 10.6 Å². The molecule has 0 atom stereocenters. The summed E-state index contributed by atoms with van der Waals surface area (Å²) < 4.78 is 48.8. The van der Waals surface area contributed by atoms with Gasteiger partial charge in [0.25, 0.3) is 15.6 Å². The number of esters is 1. The van der Waals surface area contributed by atoms with E-state index in [9.17, 15) is 18.0 Å². The van der Waals surface area contributed by atoms with Crippen molar-refractivity contribution in [1.82, 2.24) is 19.5 Å². The van der Waals surface area contributed by atoms with Gasteiger partial charge in [0, 0.05) is 45.6 Å². The minimum absolute atomic E-state index is 0.113. The van der Waals surface area contributed by atoms with Crippen LogP contribution in [0.2, 0.25) is 0 Å². The van der Waals surface area contributed by atoms with E-state index in [-0.39, 0.29) is 36.1 Å². The summed E-state index contributed by atoms with van der Waals surface area (Å²) in [6.07, 6.45) is 1.45. The molecular weight excluding hydrogens is 562 g/mol. The first-order chi connectivity index (χ1) is 19.4. The number of carbonyl (C=O) groups excluding carboxylic acids is 1. The summed E-state index contributed by atoms with van der Waals surface area (Å²) in [7, 11) is -2.07. The van der Waals surface area contributed by atoms with Crippen LogP contribution in [0, 0.1) is 0 Å². The number of methoxy groups -OCH3 is 1. The van der Waals surface area contributed by atoms with E-state index in [0.717, 1.165) is 11.3 Å². The molecule has 1 fully saturated rings. The number of nitrogens with one attached hydrogen (secondary N) is 1. The van der Waals surface area contributed by atoms with E-state index in [2.05, 4.69) is 15.2 Å². The molecule has 1 aliphatic rings. The van der Waals surface area contributed by atoms with Crippen molar-refractivity contribution < 1.29 is 32.2 Å². The summed E-state index contributed by atoms with van der Waals surface area (Å²) >= 11 is 1.11. The van der Waals surface area contributed by atoms with Gasteiger partial charge in [0.1, 0.15) is 22.3 Å². The van der Waals surface area contributed by atoms with Crippen molar-refractivity contribution >= 4 is 33.1 Å². The van der Waals surface area contributed by atoms with Crippen molar-refractivity contribution in [1.29, 1.82) is 0 Å². The summed E-state index contributed by atoms with van der Waals surface area (Å²) in [5, 5.41) is 6.32. The predicted molar refractivity (Wildman–Crippen MR) is 147 cm³/mol. The lowest BCUT2D eigenvalue weighted by Crippen LogP contribution is -2.48. The number of thiophene rings is 1. The Balaban J connectivity index is 1.22. The van der Waals surface area contributed by atoms with E-state index in [1.54, 1.807) is 37.4 Å². The second-order valence-corrected chi connectivity index (χ2v) is 11.8. The number of hydrogen-bond acceptors (Lipinski definition) is 12. The molecule has 0 amide bonds. The zero-order valence-corrected chi connectivity index (χ0v) is 23.6. The van der Waals surface area contributed by atoms with Crippen LogP contribution in [0.5, 0.6) is 0 Å². The highest BCUT2D eigenvalue weighted by atomic mass is 32.2. The largest absolute Gasteiger partial charge is 0.460 e. The average Bonchev–Trinajstić information content (AvgIpc) is 3.48. The third-order valence-corrected chi connectivity index (χ3v) is 9.39. The highest BCUT2D eigenvalue weighted by molar-refractivity contribution is 7.91. The molecule has 13 nitrogen and oxygen atoms in total. The lowest BCUT2D eigenvalue weighted by atomic mass is 10.2. The van der Waals surface area contributed by atoms with Gasteiger partial charge in [-0.2, -0.15) is 9.40 Å². The molecule has 216 valence electrons.